The minimum atomic E-state index is 0.184. The smallest absolute Gasteiger partial charge is 0.276 e. The van der Waals surface area contributed by atoms with Gasteiger partial charge < -0.3 is 15.4 Å². The summed E-state index contributed by atoms with van der Waals surface area (Å²) in [6, 6.07) is 8.11. The summed E-state index contributed by atoms with van der Waals surface area (Å²) in [6.45, 7) is 0. The van der Waals surface area contributed by atoms with E-state index in [4.69, 9.17) is 10.3 Å². The van der Waals surface area contributed by atoms with Crippen molar-refractivity contribution < 1.29 is 9.63 Å². The summed E-state index contributed by atoms with van der Waals surface area (Å²) in [5.41, 5.74) is 6.80. The van der Waals surface area contributed by atoms with Gasteiger partial charge in [0.05, 0.1) is 0 Å². The zero-order chi connectivity index (χ0) is 12.5. The van der Waals surface area contributed by atoms with E-state index >= 15 is 0 Å². The highest BCUT2D eigenvalue weighted by atomic mass is 16.5. The Hall–Kier alpha value is -2.83. The molecule has 0 amide bonds. The molecule has 0 bridgehead atoms. The van der Waals surface area contributed by atoms with Crippen molar-refractivity contribution in [1.82, 2.24) is 20.3 Å². The van der Waals surface area contributed by atoms with Crippen molar-refractivity contribution in [2.45, 2.75) is 0 Å². The molecule has 0 fully saturated rings. The van der Waals surface area contributed by atoms with E-state index in [0.717, 1.165) is 5.56 Å². The van der Waals surface area contributed by atoms with Crippen LogP contribution in [0.1, 0.15) is 0 Å². The highest BCUT2D eigenvalue weighted by Gasteiger charge is 2.12. The molecule has 0 aliphatic rings. The molecule has 3 rings (SSSR count). The van der Waals surface area contributed by atoms with Crippen LogP contribution in [0, 0.1) is 0 Å². The molecule has 0 radical (unpaired) electrons. The minimum Gasteiger partial charge on any atom is -0.508 e. The topological polar surface area (TPSA) is 114 Å². The second-order valence-corrected chi connectivity index (χ2v) is 3.68. The summed E-state index contributed by atoms with van der Waals surface area (Å²) < 4.78 is 5.10. The molecule has 0 aliphatic carbocycles. The molecule has 0 saturated carbocycles. The van der Waals surface area contributed by atoms with E-state index in [0.29, 0.717) is 23.2 Å². The predicted octanol–water partition coefficient (Wildman–Crippen LogP) is 1.41. The Balaban J connectivity index is 1.96. The van der Waals surface area contributed by atoms with Gasteiger partial charge >= 0.3 is 0 Å². The Morgan fingerprint density at radius 2 is 2.00 bits per heavy atom. The van der Waals surface area contributed by atoms with Crippen LogP contribution in [0.4, 0.5) is 5.82 Å². The first-order valence-corrected chi connectivity index (χ1v) is 5.17. The van der Waals surface area contributed by atoms with Gasteiger partial charge in [-0.2, -0.15) is 10.1 Å². The molecule has 3 aromatic rings. The number of hydrogen-bond acceptors (Lipinski definition) is 6. The predicted molar refractivity (Wildman–Crippen MR) is 63.4 cm³/mol. The van der Waals surface area contributed by atoms with Crippen molar-refractivity contribution in [2.24, 2.45) is 0 Å². The van der Waals surface area contributed by atoms with Gasteiger partial charge in [0, 0.05) is 11.6 Å². The number of phenols is 1. The summed E-state index contributed by atoms with van der Waals surface area (Å²) >= 11 is 0. The molecule has 90 valence electrons. The third kappa shape index (κ3) is 1.77. The zero-order valence-corrected chi connectivity index (χ0v) is 9.16. The van der Waals surface area contributed by atoms with Crippen molar-refractivity contribution in [3.05, 3.63) is 30.3 Å². The summed E-state index contributed by atoms with van der Waals surface area (Å²) in [7, 11) is 0. The third-order valence-corrected chi connectivity index (χ3v) is 2.38. The van der Waals surface area contributed by atoms with E-state index in [1.165, 1.54) is 0 Å². The molecule has 0 unspecified atom stereocenters. The van der Waals surface area contributed by atoms with E-state index in [9.17, 15) is 5.11 Å². The lowest BCUT2D eigenvalue weighted by Gasteiger charge is -1.93. The average molecular weight is 243 g/mol. The molecular weight excluding hydrogens is 234 g/mol. The van der Waals surface area contributed by atoms with Gasteiger partial charge in [0.1, 0.15) is 17.3 Å². The zero-order valence-electron chi connectivity index (χ0n) is 9.16. The van der Waals surface area contributed by atoms with Crippen LogP contribution < -0.4 is 5.73 Å². The lowest BCUT2D eigenvalue weighted by molar-refractivity contribution is 0.431. The van der Waals surface area contributed by atoms with Crippen LogP contribution in [0.25, 0.3) is 23.0 Å². The number of rotatable bonds is 2. The molecular formula is C11H9N5O2. The van der Waals surface area contributed by atoms with E-state index < -0.39 is 0 Å². The highest BCUT2D eigenvalue weighted by Crippen LogP contribution is 2.22. The molecule has 18 heavy (non-hydrogen) atoms. The van der Waals surface area contributed by atoms with Crippen LogP contribution in [0.3, 0.4) is 0 Å². The highest BCUT2D eigenvalue weighted by molar-refractivity contribution is 5.59. The fourth-order valence-electron chi connectivity index (χ4n) is 1.51. The maximum atomic E-state index is 9.20. The fourth-order valence-corrected chi connectivity index (χ4v) is 1.51. The van der Waals surface area contributed by atoms with Crippen molar-refractivity contribution in [3.8, 4) is 28.7 Å². The molecule has 0 spiro atoms. The first-order valence-electron chi connectivity index (χ1n) is 5.17. The molecule has 0 saturated heterocycles. The number of nitrogens with zero attached hydrogens (tertiary/aromatic N) is 3. The van der Waals surface area contributed by atoms with E-state index in [1.807, 2.05) is 0 Å². The van der Waals surface area contributed by atoms with Gasteiger partial charge in [0.15, 0.2) is 0 Å². The van der Waals surface area contributed by atoms with Crippen molar-refractivity contribution in [3.63, 3.8) is 0 Å². The van der Waals surface area contributed by atoms with Gasteiger partial charge in [-0.25, -0.2) is 0 Å². The quantitative estimate of drug-likeness (QED) is 0.627. The number of aromatic nitrogens is 4. The third-order valence-electron chi connectivity index (χ3n) is 2.38. The SMILES string of the molecule is Nc1cc(-c2nc(-c3ccc(O)cc3)no2)[nH]n1. The lowest BCUT2D eigenvalue weighted by atomic mass is 10.2. The van der Waals surface area contributed by atoms with Crippen LogP contribution in [0.5, 0.6) is 5.75 Å². The van der Waals surface area contributed by atoms with Crippen LogP contribution >= 0.6 is 0 Å². The number of anilines is 1. The summed E-state index contributed by atoms with van der Waals surface area (Å²) in [5.74, 6) is 1.28. The normalized spacial score (nSPS) is 10.7. The van der Waals surface area contributed by atoms with Gasteiger partial charge in [-0.05, 0) is 24.3 Å². The lowest BCUT2D eigenvalue weighted by Crippen LogP contribution is -1.81. The largest absolute Gasteiger partial charge is 0.508 e. The number of nitrogen functional groups attached to an aromatic ring is 1. The monoisotopic (exact) mass is 243 g/mol. The summed E-state index contributed by atoms with van der Waals surface area (Å²) in [6.07, 6.45) is 0. The van der Waals surface area contributed by atoms with Gasteiger partial charge in [-0.15, -0.1) is 0 Å². The van der Waals surface area contributed by atoms with Gasteiger partial charge in [0.2, 0.25) is 5.82 Å². The Morgan fingerprint density at radius 3 is 2.67 bits per heavy atom. The Labute approximate surface area is 101 Å². The van der Waals surface area contributed by atoms with E-state index in [-0.39, 0.29) is 5.75 Å². The number of nitrogens with one attached hydrogen (secondary N) is 1. The van der Waals surface area contributed by atoms with Crippen LogP contribution in [-0.2, 0) is 0 Å². The number of aromatic amines is 1. The number of aromatic hydroxyl groups is 1. The number of phenolic OH excluding ortho intramolecular Hbond substituents is 1. The van der Waals surface area contributed by atoms with E-state index in [1.54, 1.807) is 30.3 Å². The molecule has 0 atom stereocenters. The second-order valence-electron chi connectivity index (χ2n) is 3.68. The average Bonchev–Trinajstić information content (AvgIpc) is 2.98. The molecule has 2 aromatic heterocycles. The molecule has 4 N–H and O–H groups in total. The van der Waals surface area contributed by atoms with Crippen molar-refractivity contribution in [1.29, 1.82) is 0 Å². The first-order chi connectivity index (χ1) is 8.72. The van der Waals surface area contributed by atoms with Gasteiger partial charge in [0.25, 0.3) is 5.89 Å². The van der Waals surface area contributed by atoms with Crippen LogP contribution in [0.15, 0.2) is 34.9 Å². The van der Waals surface area contributed by atoms with E-state index in [2.05, 4.69) is 20.3 Å². The summed E-state index contributed by atoms with van der Waals surface area (Å²) in [5, 5.41) is 19.5. The standard InChI is InChI=1S/C11H9N5O2/c12-9-5-8(14-15-9)11-13-10(16-18-11)6-1-3-7(17)4-2-6/h1-5,17H,(H3,12,14,15). The number of hydrogen-bond donors (Lipinski definition) is 3. The van der Waals surface area contributed by atoms with Crippen LogP contribution in [0.2, 0.25) is 0 Å². The molecule has 0 aliphatic heterocycles. The van der Waals surface area contributed by atoms with Crippen molar-refractivity contribution in [2.75, 3.05) is 5.73 Å². The van der Waals surface area contributed by atoms with Gasteiger partial charge in [-0.3, -0.25) is 5.10 Å². The molecule has 7 nitrogen and oxygen atoms in total. The Bertz CT molecular complexity index is 671. The molecule has 1 aromatic carbocycles. The second kappa shape index (κ2) is 3.88. The fraction of sp³-hybridized carbons (Fsp3) is 0. The minimum absolute atomic E-state index is 0.184. The van der Waals surface area contributed by atoms with Crippen molar-refractivity contribution >= 4 is 5.82 Å². The van der Waals surface area contributed by atoms with Crippen LogP contribution in [-0.4, -0.2) is 25.4 Å². The molecule has 7 heteroatoms. The Kier molecular flexibility index (Phi) is 2.23. The Morgan fingerprint density at radius 1 is 1.22 bits per heavy atom. The summed E-state index contributed by atoms with van der Waals surface area (Å²) in [4.78, 5) is 4.21. The molecule has 2 heterocycles. The number of H-pyrrole nitrogens is 1. The number of nitrogens with two attached hydrogens (primary N) is 1. The van der Waals surface area contributed by atoms with Gasteiger partial charge in [-0.1, -0.05) is 5.16 Å². The number of benzene rings is 1. The first kappa shape index (κ1) is 10.3. The maximum Gasteiger partial charge on any atom is 0.276 e. The maximum absolute atomic E-state index is 9.20.